The van der Waals surface area contributed by atoms with E-state index in [1.54, 1.807) is 18.2 Å². The highest BCUT2D eigenvalue weighted by atomic mass is 16.7. The van der Waals surface area contributed by atoms with Crippen LogP contribution in [-0.2, 0) is 9.59 Å². The molecule has 3 heterocycles. The lowest BCUT2D eigenvalue weighted by atomic mass is 10.1. The number of fused-ring (bicyclic) bond motifs is 2. The molecule has 2 aliphatic rings. The van der Waals surface area contributed by atoms with Crippen molar-refractivity contribution in [1.29, 1.82) is 0 Å². The van der Waals surface area contributed by atoms with E-state index in [0.29, 0.717) is 23.0 Å². The zero-order valence-electron chi connectivity index (χ0n) is 14.6. The van der Waals surface area contributed by atoms with E-state index in [4.69, 9.17) is 9.47 Å². The van der Waals surface area contributed by atoms with Gasteiger partial charge in [0.25, 0.3) is 0 Å². The van der Waals surface area contributed by atoms with Crippen molar-refractivity contribution in [1.82, 2.24) is 14.8 Å². The van der Waals surface area contributed by atoms with Crippen LogP contribution in [0.25, 0.3) is 11.4 Å². The summed E-state index contributed by atoms with van der Waals surface area (Å²) in [6.45, 7) is 0.153. The number of hydrogen-bond acceptors (Lipinski definition) is 6. The predicted octanol–water partition coefficient (Wildman–Crippen LogP) is 2.20. The zero-order chi connectivity index (χ0) is 19.1. The minimum absolute atomic E-state index is 0.0268. The normalized spacial score (nSPS) is 17.0. The molecule has 0 spiro atoms. The number of ether oxygens (including phenoxy) is 2. The molecule has 9 heteroatoms. The fourth-order valence-electron chi connectivity index (χ4n) is 3.18. The van der Waals surface area contributed by atoms with E-state index in [1.807, 2.05) is 30.3 Å². The van der Waals surface area contributed by atoms with Crippen molar-refractivity contribution in [3.8, 4) is 22.9 Å². The van der Waals surface area contributed by atoms with Crippen molar-refractivity contribution >= 4 is 23.5 Å². The van der Waals surface area contributed by atoms with Crippen LogP contribution in [0, 0.1) is 0 Å². The Morgan fingerprint density at radius 3 is 2.82 bits per heavy atom. The maximum atomic E-state index is 12.9. The van der Waals surface area contributed by atoms with Crippen molar-refractivity contribution in [3.63, 3.8) is 0 Å². The Morgan fingerprint density at radius 1 is 1.14 bits per heavy atom. The molecule has 0 unspecified atom stereocenters. The summed E-state index contributed by atoms with van der Waals surface area (Å²) in [6.07, 6.45) is -0.0268. The van der Waals surface area contributed by atoms with Gasteiger partial charge in [-0.25, -0.2) is 4.68 Å². The first kappa shape index (κ1) is 16.3. The molecule has 5 rings (SSSR count). The molecule has 2 aliphatic heterocycles. The van der Waals surface area contributed by atoms with Crippen LogP contribution >= 0.6 is 0 Å². The molecule has 0 saturated carbocycles. The summed E-state index contributed by atoms with van der Waals surface area (Å²) in [6, 6.07) is 13.7. The average molecular weight is 377 g/mol. The van der Waals surface area contributed by atoms with Crippen LogP contribution in [0.4, 0.5) is 11.6 Å². The first-order valence-corrected chi connectivity index (χ1v) is 8.70. The van der Waals surface area contributed by atoms with Crippen LogP contribution in [0.3, 0.4) is 0 Å². The lowest BCUT2D eigenvalue weighted by molar-refractivity contribution is -0.125. The monoisotopic (exact) mass is 377 g/mol. The predicted molar refractivity (Wildman–Crippen MR) is 98.9 cm³/mol. The molecule has 2 aromatic carbocycles. The van der Waals surface area contributed by atoms with E-state index in [2.05, 4.69) is 20.7 Å². The molecular weight excluding hydrogens is 362 g/mol. The number of carbonyl (C=O) groups excluding carboxylic acids is 2. The minimum Gasteiger partial charge on any atom is -0.454 e. The molecule has 0 aliphatic carbocycles. The van der Waals surface area contributed by atoms with Gasteiger partial charge in [-0.3, -0.25) is 14.9 Å². The van der Waals surface area contributed by atoms with Crippen molar-refractivity contribution in [2.24, 2.45) is 0 Å². The summed E-state index contributed by atoms with van der Waals surface area (Å²) in [5, 5.41) is 9.92. The van der Waals surface area contributed by atoms with Crippen LogP contribution in [0.1, 0.15) is 12.5 Å². The van der Waals surface area contributed by atoms with Crippen molar-refractivity contribution in [2.75, 3.05) is 17.4 Å². The number of nitrogens with one attached hydrogen (secondary N) is 2. The third kappa shape index (κ3) is 2.82. The van der Waals surface area contributed by atoms with E-state index in [-0.39, 0.29) is 31.0 Å². The highest BCUT2D eigenvalue weighted by molar-refractivity contribution is 6.01. The Balaban J connectivity index is 1.43. The van der Waals surface area contributed by atoms with Crippen LogP contribution in [-0.4, -0.2) is 33.4 Å². The number of hydrogen-bond donors (Lipinski definition) is 2. The Labute approximate surface area is 159 Å². The summed E-state index contributed by atoms with van der Waals surface area (Å²) < 4.78 is 12.0. The quantitative estimate of drug-likeness (QED) is 0.725. The molecule has 0 fully saturated rings. The number of carbonyl (C=O) groups is 2. The van der Waals surface area contributed by atoms with Gasteiger partial charge < -0.3 is 14.8 Å². The van der Waals surface area contributed by atoms with E-state index in [1.165, 1.54) is 4.68 Å². The SMILES string of the molecule is O=C1C[C@@H](C(=O)Nc2ccc3c(c2)OCO3)n2nc(-c3ccccc3)nc2N1. The van der Waals surface area contributed by atoms with Gasteiger partial charge in [0.15, 0.2) is 17.3 Å². The lowest BCUT2D eigenvalue weighted by Gasteiger charge is -2.22. The van der Waals surface area contributed by atoms with Gasteiger partial charge in [0.05, 0.1) is 6.42 Å². The molecule has 0 radical (unpaired) electrons. The first-order valence-electron chi connectivity index (χ1n) is 8.70. The van der Waals surface area contributed by atoms with E-state index in [0.717, 1.165) is 5.56 Å². The van der Waals surface area contributed by atoms with Gasteiger partial charge in [-0.05, 0) is 12.1 Å². The van der Waals surface area contributed by atoms with Gasteiger partial charge >= 0.3 is 0 Å². The number of aromatic nitrogens is 3. The summed E-state index contributed by atoms with van der Waals surface area (Å²) in [5.74, 6) is 1.23. The second kappa shape index (κ2) is 6.38. The number of nitrogens with zero attached hydrogens (tertiary/aromatic N) is 3. The topological polar surface area (TPSA) is 107 Å². The molecule has 0 bridgehead atoms. The summed E-state index contributed by atoms with van der Waals surface area (Å²) in [5.41, 5.74) is 1.35. The van der Waals surface area contributed by atoms with Gasteiger partial charge in [0.2, 0.25) is 24.6 Å². The van der Waals surface area contributed by atoms with Crippen LogP contribution < -0.4 is 20.1 Å². The third-order valence-corrected chi connectivity index (χ3v) is 4.53. The maximum Gasteiger partial charge on any atom is 0.249 e. The summed E-state index contributed by atoms with van der Waals surface area (Å²) in [7, 11) is 0. The first-order chi connectivity index (χ1) is 13.7. The molecule has 1 atom stereocenters. The summed E-state index contributed by atoms with van der Waals surface area (Å²) in [4.78, 5) is 29.3. The van der Waals surface area contributed by atoms with Crippen LogP contribution in [0.2, 0.25) is 0 Å². The highest BCUT2D eigenvalue weighted by Gasteiger charge is 2.33. The molecule has 2 N–H and O–H groups in total. The van der Waals surface area contributed by atoms with Gasteiger partial charge in [0.1, 0.15) is 6.04 Å². The second-order valence-electron chi connectivity index (χ2n) is 6.40. The van der Waals surface area contributed by atoms with Gasteiger partial charge in [-0.1, -0.05) is 30.3 Å². The Bertz CT molecular complexity index is 1080. The standard InChI is InChI=1S/C19H15N5O4/c25-16-9-13(18(26)20-12-6-7-14-15(8-12)28-10-27-14)24-19(21-16)22-17(23-24)11-4-2-1-3-5-11/h1-8,13H,9-10H2,(H,20,26)(H,21,22,23,25)/t13-/m0/s1. The van der Waals surface area contributed by atoms with Gasteiger partial charge in [-0.2, -0.15) is 4.98 Å². The largest absolute Gasteiger partial charge is 0.454 e. The van der Waals surface area contributed by atoms with Crippen LogP contribution in [0.5, 0.6) is 11.5 Å². The Kier molecular flexibility index (Phi) is 3.71. The number of amides is 2. The fourth-order valence-corrected chi connectivity index (χ4v) is 3.18. The lowest BCUT2D eigenvalue weighted by Crippen LogP contribution is -2.36. The Morgan fingerprint density at radius 2 is 1.96 bits per heavy atom. The molecule has 9 nitrogen and oxygen atoms in total. The molecule has 140 valence electrons. The zero-order valence-corrected chi connectivity index (χ0v) is 14.6. The van der Waals surface area contributed by atoms with E-state index >= 15 is 0 Å². The molecule has 3 aromatic rings. The highest BCUT2D eigenvalue weighted by Crippen LogP contribution is 2.35. The van der Waals surface area contributed by atoms with Crippen molar-refractivity contribution in [2.45, 2.75) is 12.5 Å². The van der Waals surface area contributed by atoms with Crippen LogP contribution in [0.15, 0.2) is 48.5 Å². The van der Waals surface area contributed by atoms with Crippen molar-refractivity contribution < 1.29 is 19.1 Å². The molecule has 0 saturated heterocycles. The molecule has 1 aromatic heterocycles. The van der Waals surface area contributed by atoms with E-state index < -0.39 is 6.04 Å². The van der Waals surface area contributed by atoms with Crippen molar-refractivity contribution in [3.05, 3.63) is 48.5 Å². The molecular formula is C19H15N5O4. The molecule has 2 amide bonds. The van der Waals surface area contributed by atoms with Gasteiger partial charge in [0, 0.05) is 17.3 Å². The number of rotatable bonds is 3. The summed E-state index contributed by atoms with van der Waals surface area (Å²) >= 11 is 0. The molecule has 28 heavy (non-hydrogen) atoms. The Hall–Kier alpha value is -3.88. The number of anilines is 2. The number of benzene rings is 2. The average Bonchev–Trinajstić information content (AvgIpc) is 3.34. The van der Waals surface area contributed by atoms with Gasteiger partial charge in [-0.15, -0.1) is 5.10 Å². The smallest absolute Gasteiger partial charge is 0.249 e. The van der Waals surface area contributed by atoms with E-state index in [9.17, 15) is 9.59 Å². The minimum atomic E-state index is -0.806. The fraction of sp³-hybridized carbons (Fsp3) is 0.158. The third-order valence-electron chi connectivity index (χ3n) is 4.53. The maximum absolute atomic E-state index is 12.9. The second-order valence-corrected chi connectivity index (χ2v) is 6.40.